The molecule has 0 atom stereocenters. The zero-order valence-corrected chi connectivity index (χ0v) is 10.4. The molecule has 0 aliphatic rings. The number of methoxy groups -OCH3 is 1. The number of rotatable bonds is 2. The fourth-order valence-electron chi connectivity index (χ4n) is 2.12. The lowest BCUT2D eigenvalue weighted by molar-refractivity contribution is 0.312. The lowest BCUT2D eigenvalue weighted by atomic mass is 10.1. The van der Waals surface area contributed by atoms with Crippen LogP contribution >= 0.6 is 0 Å². The zero-order valence-electron chi connectivity index (χ0n) is 10.4. The van der Waals surface area contributed by atoms with Gasteiger partial charge in [-0.15, -0.1) is 0 Å². The molecule has 2 aromatic carbocycles. The van der Waals surface area contributed by atoms with Crippen LogP contribution in [-0.4, -0.2) is 7.11 Å². The summed E-state index contributed by atoms with van der Waals surface area (Å²) in [5.41, 5.74) is 1.70. The number of benzene rings is 2. The van der Waals surface area contributed by atoms with Crippen molar-refractivity contribution in [3.8, 4) is 17.1 Å². The van der Waals surface area contributed by atoms with Crippen LogP contribution in [0.2, 0.25) is 0 Å². The Bertz CT molecular complexity index is 773. The van der Waals surface area contributed by atoms with Crippen LogP contribution in [0.1, 0.15) is 0 Å². The fourth-order valence-corrected chi connectivity index (χ4v) is 2.12. The van der Waals surface area contributed by atoms with Crippen molar-refractivity contribution in [3.05, 3.63) is 64.8 Å². The highest BCUT2D eigenvalue weighted by molar-refractivity contribution is 5.83. The third-order valence-electron chi connectivity index (χ3n) is 3.01. The van der Waals surface area contributed by atoms with Crippen molar-refractivity contribution >= 4 is 11.0 Å². The summed E-state index contributed by atoms with van der Waals surface area (Å²) < 4.78 is 10.9. The van der Waals surface area contributed by atoms with Gasteiger partial charge < -0.3 is 9.15 Å². The molecule has 0 N–H and O–H groups in total. The molecule has 1 heterocycles. The van der Waals surface area contributed by atoms with E-state index in [0.29, 0.717) is 16.5 Å². The number of hydrogen-bond donors (Lipinski definition) is 0. The first-order valence-electron chi connectivity index (χ1n) is 5.96. The zero-order chi connectivity index (χ0) is 13.2. The molecule has 0 bridgehead atoms. The van der Waals surface area contributed by atoms with Gasteiger partial charge in [-0.2, -0.15) is 0 Å². The van der Waals surface area contributed by atoms with Crippen LogP contribution in [0.4, 0.5) is 0 Å². The Labute approximate surface area is 110 Å². The SMILES string of the molecule is COc1oc2ccccc2c(=O)c1-c1ccccc1. The monoisotopic (exact) mass is 252 g/mol. The molecule has 0 spiro atoms. The molecular formula is C16H12O3. The number of fused-ring (bicyclic) bond motifs is 1. The maximum absolute atomic E-state index is 12.6. The van der Waals surface area contributed by atoms with Crippen LogP contribution in [0.25, 0.3) is 22.1 Å². The molecule has 3 nitrogen and oxygen atoms in total. The van der Waals surface area contributed by atoms with Crippen molar-refractivity contribution in [1.82, 2.24) is 0 Å². The van der Waals surface area contributed by atoms with E-state index in [1.54, 1.807) is 12.1 Å². The second-order valence-corrected chi connectivity index (χ2v) is 4.16. The summed E-state index contributed by atoms with van der Waals surface area (Å²) in [6, 6.07) is 16.5. The van der Waals surface area contributed by atoms with E-state index in [1.807, 2.05) is 42.5 Å². The Balaban J connectivity index is 2.41. The van der Waals surface area contributed by atoms with Crippen molar-refractivity contribution < 1.29 is 9.15 Å². The standard InChI is InChI=1S/C16H12O3/c1-18-16-14(11-7-3-2-4-8-11)15(17)12-9-5-6-10-13(12)19-16/h2-10H,1H3. The van der Waals surface area contributed by atoms with Crippen LogP contribution in [-0.2, 0) is 0 Å². The maximum Gasteiger partial charge on any atom is 0.296 e. The van der Waals surface area contributed by atoms with Crippen LogP contribution in [0.5, 0.6) is 5.95 Å². The third kappa shape index (κ3) is 1.89. The van der Waals surface area contributed by atoms with Gasteiger partial charge in [0.25, 0.3) is 5.95 Å². The van der Waals surface area contributed by atoms with Gasteiger partial charge in [-0.3, -0.25) is 4.79 Å². The van der Waals surface area contributed by atoms with E-state index < -0.39 is 0 Å². The summed E-state index contributed by atoms with van der Waals surface area (Å²) in [7, 11) is 1.50. The Morgan fingerprint density at radius 2 is 1.63 bits per heavy atom. The van der Waals surface area contributed by atoms with Crippen LogP contribution in [0.3, 0.4) is 0 Å². The Morgan fingerprint density at radius 1 is 0.947 bits per heavy atom. The summed E-state index contributed by atoms with van der Waals surface area (Å²) in [4.78, 5) is 12.6. The molecule has 0 aliphatic heterocycles. The predicted molar refractivity (Wildman–Crippen MR) is 74.5 cm³/mol. The molecule has 0 radical (unpaired) electrons. The maximum atomic E-state index is 12.6. The molecule has 3 rings (SSSR count). The Hall–Kier alpha value is -2.55. The van der Waals surface area contributed by atoms with Gasteiger partial charge in [0.05, 0.1) is 12.5 Å². The van der Waals surface area contributed by atoms with E-state index in [2.05, 4.69) is 0 Å². The Morgan fingerprint density at radius 3 is 2.37 bits per heavy atom. The molecule has 0 fully saturated rings. The van der Waals surface area contributed by atoms with Crippen molar-refractivity contribution in [2.45, 2.75) is 0 Å². The summed E-state index contributed by atoms with van der Waals surface area (Å²) >= 11 is 0. The van der Waals surface area contributed by atoms with Crippen LogP contribution in [0, 0.1) is 0 Å². The van der Waals surface area contributed by atoms with Crippen molar-refractivity contribution in [3.63, 3.8) is 0 Å². The summed E-state index contributed by atoms with van der Waals surface area (Å²) in [6.07, 6.45) is 0. The highest BCUT2D eigenvalue weighted by Crippen LogP contribution is 2.29. The molecule has 94 valence electrons. The highest BCUT2D eigenvalue weighted by Gasteiger charge is 2.16. The predicted octanol–water partition coefficient (Wildman–Crippen LogP) is 3.47. The lowest BCUT2D eigenvalue weighted by Crippen LogP contribution is -2.07. The molecule has 0 aliphatic carbocycles. The number of para-hydroxylation sites is 1. The van der Waals surface area contributed by atoms with E-state index >= 15 is 0 Å². The van der Waals surface area contributed by atoms with Crippen LogP contribution < -0.4 is 10.2 Å². The van der Waals surface area contributed by atoms with E-state index in [1.165, 1.54) is 7.11 Å². The van der Waals surface area contributed by atoms with Gasteiger partial charge in [0.1, 0.15) is 11.1 Å². The minimum absolute atomic E-state index is 0.0788. The molecular weight excluding hydrogens is 240 g/mol. The first kappa shape index (κ1) is 11.5. The van der Waals surface area contributed by atoms with Crippen molar-refractivity contribution in [2.24, 2.45) is 0 Å². The second kappa shape index (κ2) is 4.61. The first-order valence-corrected chi connectivity index (χ1v) is 5.96. The molecule has 0 amide bonds. The first-order chi connectivity index (χ1) is 9.31. The molecule has 0 saturated heterocycles. The Kier molecular flexibility index (Phi) is 2.80. The molecule has 1 aromatic heterocycles. The van der Waals surface area contributed by atoms with Gasteiger partial charge in [-0.1, -0.05) is 42.5 Å². The number of ether oxygens (including phenoxy) is 1. The van der Waals surface area contributed by atoms with Gasteiger partial charge in [-0.05, 0) is 17.7 Å². The summed E-state index contributed by atoms with van der Waals surface area (Å²) in [5.74, 6) is 0.245. The summed E-state index contributed by atoms with van der Waals surface area (Å²) in [5, 5.41) is 0.558. The van der Waals surface area contributed by atoms with Crippen molar-refractivity contribution in [1.29, 1.82) is 0 Å². The molecule has 19 heavy (non-hydrogen) atoms. The van der Waals surface area contributed by atoms with E-state index in [-0.39, 0.29) is 11.4 Å². The normalized spacial score (nSPS) is 10.6. The lowest BCUT2D eigenvalue weighted by Gasteiger charge is -2.08. The van der Waals surface area contributed by atoms with Gasteiger partial charge in [0, 0.05) is 0 Å². The summed E-state index contributed by atoms with van der Waals surface area (Å²) in [6.45, 7) is 0. The largest absolute Gasteiger partial charge is 0.468 e. The minimum atomic E-state index is -0.0788. The van der Waals surface area contributed by atoms with E-state index in [4.69, 9.17) is 9.15 Å². The molecule has 3 heteroatoms. The van der Waals surface area contributed by atoms with Gasteiger partial charge in [0.2, 0.25) is 5.43 Å². The van der Waals surface area contributed by atoms with E-state index in [9.17, 15) is 4.79 Å². The minimum Gasteiger partial charge on any atom is -0.468 e. The fraction of sp³-hybridized carbons (Fsp3) is 0.0625. The number of hydrogen-bond acceptors (Lipinski definition) is 3. The molecule has 0 saturated carbocycles. The smallest absolute Gasteiger partial charge is 0.296 e. The molecule has 0 unspecified atom stereocenters. The van der Waals surface area contributed by atoms with Gasteiger partial charge >= 0.3 is 0 Å². The highest BCUT2D eigenvalue weighted by atomic mass is 16.6. The van der Waals surface area contributed by atoms with Crippen molar-refractivity contribution in [2.75, 3.05) is 7.11 Å². The van der Waals surface area contributed by atoms with Gasteiger partial charge in [-0.25, -0.2) is 0 Å². The third-order valence-corrected chi connectivity index (χ3v) is 3.01. The van der Waals surface area contributed by atoms with Crippen LogP contribution in [0.15, 0.2) is 63.8 Å². The average molecular weight is 252 g/mol. The van der Waals surface area contributed by atoms with E-state index in [0.717, 1.165) is 5.56 Å². The topological polar surface area (TPSA) is 39.4 Å². The second-order valence-electron chi connectivity index (χ2n) is 4.16. The average Bonchev–Trinajstić information content (AvgIpc) is 2.48. The van der Waals surface area contributed by atoms with Gasteiger partial charge in [0.15, 0.2) is 0 Å². The quantitative estimate of drug-likeness (QED) is 0.701. The molecule has 3 aromatic rings.